The maximum absolute atomic E-state index is 13.8. The molecule has 5 rings (SSSR count). The summed E-state index contributed by atoms with van der Waals surface area (Å²) in [5.41, 5.74) is 15.3. The number of amides is 3. The Bertz CT molecular complexity index is 1900. The number of benzene rings is 3. The molecule has 4 aromatic rings. The molecule has 1 saturated heterocycles. The van der Waals surface area contributed by atoms with Gasteiger partial charge in [0, 0.05) is 53.0 Å². The summed E-state index contributed by atoms with van der Waals surface area (Å²) < 4.78 is 7.01. The molecule has 13 nitrogen and oxygen atoms in total. The molecule has 0 spiro atoms. The third kappa shape index (κ3) is 8.74. The van der Waals surface area contributed by atoms with Crippen LogP contribution in [-0.2, 0) is 20.9 Å². The van der Waals surface area contributed by atoms with Crippen molar-refractivity contribution in [1.82, 2.24) is 9.88 Å². The van der Waals surface area contributed by atoms with Crippen LogP contribution in [0.2, 0.25) is 0 Å². The summed E-state index contributed by atoms with van der Waals surface area (Å²) in [6.45, 7) is 8.79. The Kier molecular flexibility index (Phi) is 10.2. The first-order valence-corrected chi connectivity index (χ1v) is 16.0. The molecule has 2 heterocycles. The number of aromatic nitrogens is 1. The zero-order valence-electron chi connectivity index (χ0n) is 28.0. The number of nitrogens with zero attached hydrogens (tertiary/aromatic N) is 3. The number of alkyl carbamates (subject to hydrolysis) is 1. The first-order chi connectivity index (χ1) is 23.3. The number of anilines is 2. The molecule has 6 N–H and O–H groups in total. The van der Waals surface area contributed by atoms with Crippen molar-refractivity contribution in [3.63, 3.8) is 0 Å². The standard InChI is InChI=1S/C36H41N7O6/c1-22(39-35(47)48-36(2,3)4)34(46)49-41-31(37)26-15-14-25-18-30(33(45)40-27-8-7-9-28(20-27)42-16-5-6-17-42)43(29(25)19-26)21-23-10-12-24(13-11-23)32(38)44/h7-15,18-20,22H,5-6,16-17,21H2,1-4H3,(H2,37,41)(H2,38,44)(H,39,47)(H,40,45)/t22-/m0/s1. The second kappa shape index (κ2) is 14.5. The quantitative estimate of drug-likeness (QED) is 0.0811. The molecule has 1 aliphatic rings. The largest absolute Gasteiger partial charge is 0.444 e. The van der Waals surface area contributed by atoms with E-state index < -0.39 is 29.6 Å². The summed E-state index contributed by atoms with van der Waals surface area (Å²) in [5.74, 6) is -1.79. The lowest BCUT2D eigenvalue weighted by molar-refractivity contribution is -0.145. The van der Waals surface area contributed by atoms with Crippen LogP contribution in [0.5, 0.6) is 0 Å². The van der Waals surface area contributed by atoms with Gasteiger partial charge in [-0.25, -0.2) is 9.59 Å². The van der Waals surface area contributed by atoms with Crippen LogP contribution in [0.15, 0.2) is 78.0 Å². The topological polar surface area (TPSA) is 183 Å². The van der Waals surface area contributed by atoms with E-state index in [0.29, 0.717) is 28.0 Å². The molecule has 3 amide bonds. The minimum Gasteiger partial charge on any atom is -0.444 e. The van der Waals surface area contributed by atoms with Gasteiger partial charge in [-0.1, -0.05) is 35.5 Å². The van der Waals surface area contributed by atoms with Crippen LogP contribution in [0, 0.1) is 0 Å². The molecule has 0 unspecified atom stereocenters. The van der Waals surface area contributed by atoms with Crippen molar-refractivity contribution in [2.75, 3.05) is 23.3 Å². The van der Waals surface area contributed by atoms with Crippen LogP contribution in [0.3, 0.4) is 0 Å². The van der Waals surface area contributed by atoms with E-state index in [9.17, 15) is 19.2 Å². The van der Waals surface area contributed by atoms with Gasteiger partial charge in [0.15, 0.2) is 5.84 Å². The fourth-order valence-corrected chi connectivity index (χ4v) is 5.45. The highest BCUT2D eigenvalue weighted by Gasteiger charge is 2.23. The SMILES string of the molecule is C[C@H](NC(=O)OC(C)(C)C)C(=O)ON=C(N)c1ccc2cc(C(=O)Nc3cccc(N4CCCC4)c3)n(Cc3ccc(C(N)=O)cc3)c2c1. The molecule has 256 valence electrons. The Hall–Kier alpha value is -5.85. The van der Waals surface area contributed by atoms with Gasteiger partial charge in [-0.05, 0) is 88.6 Å². The Morgan fingerprint density at radius 3 is 2.29 bits per heavy atom. The predicted octanol–water partition coefficient (Wildman–Crippen LogP) is 4.72. The van der Waals surface area contributed by atoms with Crippen molar-refractivity contribution in [3.8, 4) is 0 Å². The molecule has 3 aromatic carbocycles. The van der Waals surface area contributed by atoms with Crippen molar-refractivity contribution in [1.29, 1.82) is 0 Å². The molecule has 0 aliphatic carbocycles. The Labute approximate surface area is 284 Å². The van der Waals surface area contributed by atoms with E-state index in [2.05, 4.69) is 20.7 Å². The highest BCUT2D eigenvalue weighted by atomic mass is 16.7. The third-order valence-corrected chi connectivity index (χ3v) is 7.91. The van der Waals surface area contributed by atoms with Gasteiger partial charge < -0.3 is 41.1 Å². The van der Waals surface area contributed by atoms with Crippen LogP contribution in [0.4, 0.5) is 16.2 Å². The number of hydrogen-bond donors (Lipinski definition) is 4. The fraction of sp³-hybridized carbons (Fsp3) is 0.306. The average Bonchev–Trinajstić information content (AvgIpc) is 3.72. The molecule has 49 heavy (non-hydrogen) atoms. The summed E-state index contributed by atoms with van der Waals surface area (Å²) in [7, 11) is 0. The van der Waals surface area contributed by atoms with Crippen molar-refractivity contribution < 1.29 is 28.8 Å². The van der Waals surface area contributed by atoms with E-state index in [-0.39, 0.29) is 18.3 Å². The molecule has 1 fully saturated rings. The van der Waals surface area contributed by atoms with Crippen LogP contribution in [-0.4, -0.2) is 59.0 Å². The Morgan fingerprint density at radius 2 is 1.61 bits per heavy atom. The molecule has 0 bridgehead atoms. The maximum atomic E-state index is 13.8. The lowest BCUT2D eigenvalue weighted by atomic mass is 10.1. The molecule has 1 atom stereocenters. The smallest absolute Gasteiger partial charge is 0.408 e. The van der Waals surface area contributed by atoms with Crippen LogP contribution >= 0.6 is 0 Å². The fourth-order valence-electron chi connectivity index (χ4n) is 5.45. The van der Waals surface area contributed by atoms with E-state index in [4.69, 9.17) is 21.0 Å². The maximum Gasteiger partial charge on any atom is 0.408 e. The highest BCUT2D eigenvalue weighted by Crippen LogP contribution is 2.27. The number of oxime groups is 1. The molecular formula is C36H41N7O6. The highest BCUT2D eigenvalue weighted by molar-refractivity contribution is 6.08. The number of nitrogens with one attached hydrogen (secondary N) is 2. The van der Waals surface area contributed by atoms with E-state index in [0.717, 1.165) is 42.6 Å². The number of fused-ring (bicyclic) bond motifs is 1. The molecule has 1 aliphatic heterocycles. The number of rotatable bonds is 10. The first kappa shape index (κ1) is 34.5. The van der Waals surface area contributed by atoms with Gasteiger partial charge in [0.1, 0.15) is 17.3 Å². The van der Waals surface area contributed by atoms with Gasteiger partial charge in [-0.2, -0.15) is 0 Å². The van der Waals surface area contributed by atoms with E-state index >= 15 is 0 Å². The monoisotopic (exact) mass is 667 g/mol. The number of ether oxygens (including phenoxy) is 1. The molecule has 1 aromatic heterocycles. The number of amidine groups is 1. The van der Waals surface area contributed by atoms with Gasteiger partial charge in [-0.15, -0.1) is 0 Å². The zero-order chi connectivity index (χ0) is 35.3. The van der Waals surface area contributed by atoms with Gasteiger partial charge >= 0.3 is 12.1 Å². The minimum atomic E-state index is -1.05. The first-order valence-electron chi connectivity index (χ1n) is 16.0. The second-order valence-corrected chi connectivity index (χ2v) is 12.9. The summed E-state index contributed by atoms with van der Waals surface area (Å²) in [4.78, 5) is 57.3. The van der Waals surface area contributed by atoms with Crippen molar-refractivity contribution in [2.24, 2.45) is 16.6 Å². The molecule has 0 saturated carbocycles. The van der Waals surface area contributed by atoms with Crippen molar-refractivity contribution in [2.45, 2.75) is 58.7 Å². The predicted molar refractivity (Wildman–Crippen MR) is 187 cm³/mol. The number of carbonyl (C=O) groups is 4. The molecular weight excluding hydrogens is 626 g/mol. The van der Waals surface area contributed by atoms with Gasteiger partial charge in [0.05, 0.1) is 0 Å². The van der Waals surface area contributed by atoms with Crippen LogP contribution in [0.25, 0.3) is 10.9 Å². The average molecular weight is 668 g/mol. The zero-order valence-corrected chi connectivity index (χ0v) is 28.0. The lowest BCUT2D eigenvalue weighted by Crippen LogP contribution is -2.42. The molecule has 0 radical (unpaired) electrons. The summed E-state index contributed by atoms with van der Waals surface area (Å²) in [5, 5.41) is 10.0. The van der Waals surface area contributed by atoms with Crippen molar-refractivity contribution >= 4 is 52.0 Å². The Morgan fingerprint density at radius 1 is 0.918 bits per heavy atom. The summed E-state index contributed by atoms with van der Waals surface area (Å²) in [6.07, 6.45) is 1.51. The van der Waals surface area contributed by atoms with Gasteiger partial charge in [0.25, 0.3) is 5.91 Å². The lowest BCUT2D eigenvalue weighted by Gasteiger charge is -2.20. The Balaban J connectivity index is 1.41. The number of hydrogen-bond acceptors (Lipinski definition) is 8. The normalized spacial score (nSPS) is 14.0. The summed E-state index contributed by atoms with van der Waals surface area (Å²) >= 11 is 0. The van der Waals surface area contributed by atoms with Gasteiger partial charge in [-0.3, -0.25) is 9.59 Å². The minimum absolute atomic E-state index is 0.0944. The van der Waals surface area contributed by atoms with Crippen LogP contribution in [0.1, 0.15) is 72.5 Å². The van der Waals surface area contributed by atoms with Gasteiger partial charge in [0.2, 0.25) is 5.91 Å². The van der Waals surface area contributed by atoms with E-state index in [1.165, 1.54) is 6.92 Å². The number of nitrogens with two attached hydrogens (primary N) is 2. The van der Waals surface area contributed by atoms with Crippen LogP contribution < -0.4 is 27.0 Å². The van der Waals surface area contributed by atoms with E-state index in [1.54, 1.807) is 69.3 Å². The number of primary amides is 1. The molecule has 13 heteroatoms. The number of carbonyl (C=O) groups excluding carboxylic acids is 4. The summed E-state index contributed by atoms with van der Waals surface area (Å²) in [6, 6.07) is 20.6. The third-order valence-electron chi connectivity index (χ3n) is 7.91. The second-order valence-electron chi connectivity index (χ2n) is 12.9. The van der Waals surface area contributed by atoms with E-state index in [1.807, 2.05) is 28.8 Å². The van der Waals surface area contributed by atoms with Crippen molar-refractivity contribution in [3.05, 3.63) is 95.2 Å².